The fourth-order valence-electron chi connectivity index (χ4n) is 2.50. The molecule has 102 valence electrons. The van der Waals surface area contributed by atoms with E-state index in [-0.39, 0.29) is 11.4 Å². The summed E-state index contributed by atoms with van der Waals surface area (Å²) in [4.78, 5) is 11.4. The van der Waals surface area contributed by atoms with Gasteiger partial charge in [-0.15, -0.1) is 0 Å². The molecule has 1 fully saturated rings. The lowest BCUT2D eigenvalue weighted by atomic mass is 9.89. The van der Waals surface area contributed by atoms with Crippen molar-refractivity contribution < 1.29 is 4.79 Å². The molecule has 0 bridgehead atoms. The number of carbonyl (C=O) groups is 1. The van der Waals surface area contributed by atoms with Crippen molar-refractivity contribution >= 4 is 21.8 Å². The Morgan fingerprint density at radius 1 is 1.10 bits per heavy atom. The molecule has 1 atom stereocenters. The van der Waals surface area contributed by atoms with Gasteiger partial charge in [0.05, 0.1) is 12.0 Å². The third-order valence-electron chi connectivity index (χ3n) is 3.70. The monoisotopic (exact) mass is 330 g/mol. The average molecular weight is 331 g/mol. The molecule has 0 aliphatic carbocycles. The molecule has 2 aromatic carbocycles. The maximum absolute atomic E-state index is 11.4. The van der Waals surface area contributed by atoms with Crippen molar-refractivity contribution in [3.8, 4) is 11.1 Å². The number of carbonyl (C=O) groups excluding carboxylic acids is 1. The third kappa shape index (κ3) is 2.37. The van der Waals surface area contributed by atoms with E-state index >= 15 is 0 Å². The number of rotatable bonds is 2. The zero-order chi connectivity index (χ0) is 14.2. The van der Waals surface area contributed by atoms with Crippen LogP contribution >= 0.6 is 15.9 Å². The second-order valence-electron chi connectivity index (χ2n) is 5.24. The van der Waals surface area contributed by atoms with Crippen LogP contribution in [0.5, 0.6) is 0 Å². The van der Waals surface area contributed by atoms with Crippen LogP contribution in [0.1, 0.15) is 18.9 Å². The Morgan fingerprint density at radius 3 is 2.40 bits per heavy atom. The lowest BCUT2D eigenvalue weighted by Crippen LogP contribution is -2.38. The highest BCUT2D eigenvalue weighted by atomic mass is 79.9. The lowest BCUT2D eigenvalue weighted by Gasteiger charge is -2.23. The highest BCUT2D eigenvalue weighted by Gasteiger charge is 2.35. The number of halogens is 1. The highest BCUT2D eigenvalue weighted by molar-refractivity contribution is 9.10. The summed E-state index contributed by atoms with van der Waals surface area (Å²) in [5.41, 5.74) is 8.82. The standard InChI is InChI=1S/C16H15BrN2O/c1-16(10-15(20)18-19-16)12-8-6-11(7-9-12)13-4-2-3-5-14(13)17/h2-9,19H,10H2,1H3,(H,18,20). The molecule has 4 heteroatoms. The van der Waals surface area contributed by atoms with Gasteiger partial charge >= 0.3 is 0 Å². The average Bonchev–Trinajstić information content (AvgIpc) is 2.81. The Bertz CT molecular complexity index is 654. The Labute approximate surface area is 126 Å². The summed E-state index contributed by atoms with van der Waals surface area (Å²) in [5.74, 6) is 0.0300. The van der Waals surface area contributed by atoms with E-state index in [0.29, 0.717) is 6.42 Å². The number of amides is 1. The normalized spacial score (nSPS) is 21.8. The summed E-state index contributed by atoms with van der Waals surface area (Å²) in [7, 11) is 0. The zero-order valence-corrected chi connectivity index (χ0v) is 12.7. The van der Waals surface area contributed by atoms with Crippen LogP contribution in [-0.2, 0) is 10.3 Å². The minimum Gasteiger partial charge on any atom is -0.291 e. The number of hydrazine groups is 1. The van der Waals surface area contributed by atoms with Crippen LogP contribution in [0.25, 0.3) is 11.1 Å². The quantitative estimate of drug-likeness (QED) is 0.886. The minimum absolute atomic E-state index is 0.0300. The molecule has 1 aliphatic heterocycles. The molecule has 2 aromatic rings. The van der Waals surface area contributed by atoms with Gasteiger partial charge in [0, 0.05) is 4.47 Å². The molecule has 3 rings (SSSR count). The Balaban J connectivity index is 1.93. The number of hydrogen-bond donors (Lipinski definition) is 2. The topological polar surface area (TPSA) is 41.1 Å². The first-order valence-electron chi connectivity index (χ1n) is 6.50. The van der Waals surface area contributed by atoms with Gasteiger partial charge in [0.25, 0.3) is 0 Å². The van der Waals surface area contributed by atoms with Crippen LogP contribution in [-0.4, -0.2) is 5.91 Å². The molecule has 1 saturated heterocycles. The molecule has 0 spiro atoms. The predicted octanol–water partition coefficient (Wildman–Crippen LogP) is 3.36. The van der Waals surface area contributed by atoms with Crippen molar-refractivity contribution in [3.63, 3.8) is 0 Å². The summed E-state index contributed by atoms with van der Waals surface area (Å²) in [6.07, 6.45) is 0.460. The van der Waals surface area contributed by atoms with Crippen LogP contribution < -0.4 is 10.9 Å². The first kappa shape index (κ1) is 13.3. The van der Waals surface area contributed by atoms with Gasteiger partial charge in [-0.25, -0.2) is 5.43 Å². The van der Waals surface area contributed by atoms with Gasteiger partial charge in [0.15, 0.2) is 0 Å². The van der Waals surface area contributed by atoms with Gasteiger partial charge in [-0.05, 0) is 29.7 Å². The molecular formula is C16H15BrN2O. The van der Waals surface area contributed by atoms with Crippen LogP contribution in [0.2, 0.25) is 0 Å². The molecule has 2 N–H and O–H groups in total. The Kier molecular flexibility index (Phi) is 3.36. The van der Waals surface area contributed by atoms with E-state index in [1.807, 2.05) is 25.1 Å². The van der Waals surface area contributed by atoms with E-state index in [4.69, 9.17) is 0 Å². The summed E-state index contributed by atoms with van der Waals surface area (Å²) in [5, 5.41) is 0. The molecule has 3 nitrogen and oxygen atoms in total. The molecule has 1 heterocycles. The van der Waals surface area contributed by atoms with E-state index < -0.39 is 0 Å². The Morgan fingerprint density at radius 2 is 1.80 bits per heavy atom. The van der Waals surface area contributed by atoms with Gasteiger partial charge in [-0.1, -0.05) is 58.4 Å². The smallest absolute Gasteiger partial charge is 0.236 e. The highest BCUT2D eigenvalue weighted by Crippen LogP contribution is 2.31. The molecule has 20 heavy (non-hydrogen) atoms. The van der Waals surface area contributed by atoms with Gasteiger partial charge in [0.2, 0.25) is 5.91 Å². The van der Waals surface area contributed by atoms with Crippen LogP contribution in [0, 0.1) is 0 Å². The predicted molar refractivity (Wildman–Crippen MR) is 82.8 cm³/mol. The van der Waals surface area contributed by atoms with Crippen molar-refractivity contribution in [2.75, 3.05) is 0 Å². The van der Waals surface area contributed by atoms with E-state index in [2.05, 4.69) is 57.1 Å². The van der Waals surface area contributed by atoms with Gasteiger partial charge in [0.1, 0.15) is 0 Å². The number of nitrogens with one attached hydrogen (secondary N) is 2. The largest absolute Gasteiger partial charge is 0.291 e. The fourth-order valence-corrected chi connectivity index (χ4v) is 3.02. The van der Waals surface area contributed by atoms with Crippen LogP contribution in [0.15, 0.2) is 53.0 Å². The second-order valence-corrected chi connectivity index (χ2v) is 6.09. The summed E-state index contributed by atoms with van der Waals surface area (Å²) < 4.78 is 1.08. The van der Waals surface area contributed by atoms with Crippen molar-refractivity contribution in [1.82, 2.24) is 10.9 Å². The number of hydrogen-bond acceptors (Lipinski definition) is 2. The summed E-state index contributed by atoms with van der Waals surface area (Å²) in [6, 6.07) is 16.5. The van der Waals surface area contributed by atoms with Crippen LogP contribution in [0.4, 0.5) is 0 Å². The van der Waals surface area contributed by atoms with Gasteiger partial charge < -0.3 is 0 Å². The molecule has 0 radical (unpaired) electrons. The van der Waals surface area contributed by atoms with E-state index in [1.165, 1.54) is 0 Å². The summed E-state index contributed by atoms with van der Waals surface area (Å²) >= 11 is 3.57. The molecule has 1 amide bonds. The van der Waals surface area contributed by atoms with Crippen molar-refractivity contribution in [2.45, 2.75) is 18.9 Å². The second kappa shape index (κ2) is 5.04. The lowest BCUT2D eigenvalue weighted by molar-refractivity contribution is -0.119. The third-order valence-corrected chi connectivity index (χ3v) is 4.39. The molecular weight excluding hydrogens is 316 g/mol. The van der Waals surface area contributed by atoms with E-state index in [0.717, 1.165) is 21.2 Å². The van der Waals surface area contributed by atoms with Gasteiger partial charge in [-0.3, -0.25) is 10.2 Å². The maximum Gasteiger partial charge on any atom is 0.236 e. The summed E-state index contributed by atoms with van der Waals surface area (Å²) in [6.45, 7) is 2.03. The maximum atomic E-state index is 11.4. The van der Waals surface area contributed by atoms with Gasteiger partial charge in [-0.2, -0.15) is 0 Å². The molecule has 0 saturated carbocycles. The zero-order valence-electron chi connectivity index (χ0n) is 11.1. The molecule has 1 aliphatic rings. The number of benzene rings is 2. The first-order chi connectivity index (χ1) is 9.58. The minimum atomic E-state index is -0.330. The molecule has 0 aromatic heterocycles. The van der Waals surface area contributed by atoms with E-state index in [9.17, 15) is 4.79 Å². The van der Waals surface area contributed by atoms with E-state index in [1.54, 1.807) is 0 Å². The van der Waals surface area contributed by atoms with Crippen molar-refractivity contribution in [2.24, 2.45) is 0 Å². The first-order valence-corrected chi connectivity index (χ1v) is 7.29. The van der Waals surface area contributed by atoms with Crippen molar-refractivity contribution in [1.29, 1.82) is 0 Å². The van der Waals surface area contributed by atoms with Crippen LogP contribution in [0.3, 0.4) is 0 Å². The van der Waals surface area contributed by atoms with Crippen molar-refractivity contribution in [3.05, 3.63) is 58.6 Å². The fraction of sp³-hybridized carbons (Fsp3) is 0.188. The molecule has 1 unspecified atom stereocenters. The Hall–Kier alpha value is -1.65. The SMILES string of the molecule is CC1(c2ccc(-c3ccccc3Br)cc2)CC(=O)NN1.